The molecule has 2 rings (SSSR count). The van der Waals surface area contributed by atoms with Crippen LogP contribution in [0.4, 0.5) is 0 Å². The molecule has 1 aromatic carbocycles. The minimum absolute atomic E-state index is 0.177. The van der Waals surface area contributed by atoms with Crippen LogP contribution < -0.4 is 5.32 Å². The lowest BCUT2D eigenvalue weighted by Crippen LogP contribution is -2.34. The Kier molecular flexibility index (Phi) is 6.21. The van der Waals surface area contributed by atoms with Crippen molar-refractivity contribution < 1.29 is 9.53 Å². The first-order valence-corrected chi connectivity index (χ1v) is 7.72. The summed E-state index contributed by atoms with van der Waals surface area (Å²) in [7, 11) is 3.60. The summed E-state index contributed by atoms with van der Waals surface area (Å²) < 4.78 is 4.78. The highest BCUT2D eigenvalue weighted by Crippen LogP contribution is 2.16. The lowest BCUT2D eigenvalue weighted by atomic mass is 9.97. The lowest BCUT2D eigenvalue weighted by Gasteiger charge is -2.28. The Morgan fingerprint density at radius 3 is 2.62 bits per heavy atom. The highest BCUT2D eigenvalue weighted by molar-refractivity contribution is 5.72. The Morgan fingerprint density at radius 1 is 1.29 bits per heavy atom. The van der Waals surface area contributed by atoms with Crippen molar-refractivity contribution in [3.63, 3.8) is 0 Å². The first-order chi connectivity index (χ1) is 10.2. The predicted octanol–water partition coefficient (Wildman–Crippen LogP) is 1.83. The molecule has 0 aromatic heterocycles. The average molecular weight is 290 g/mol. The van der Waals surface area contributed by atoms with Gasteiger partial charge in [-0.3, -0.25) is 4.79 Å². The summed E-state index contributed by atoms with van der Waals surface area (Å²) in [5.74, 6) is 0.604. The van der Waals surface area contributed by atoms with Crippen LogP contribution in [-0.4, -0.2) is 44.7 Å². The van der Waals surface area contributed by atoms with Crippen LogP contribution in [0.25, 0.3) is 0 Å². The van der Waals surface area contributed by atoms with Crippen molar-refractivity contribution in [2.24, 2.45) is 5.92 Å². The molecule has 1 aromatic rings. The van der Waals surface area contributed by atoms with Crippen molar-refractivity contribution in [1.29, 1.82) is 0 Å². The molecule has 4 heteroatoms. The van der Waals surface area contributed by atoms with Crippen molar-refractivity contribution >= 4 is 5.97 Å². The predicted molar refractivity (Wildman–Crippen MR) is 84.1 cm³/mol. The van der Waals surface area contributed by atoms with E-state index in [0.717, 1.165) is 37.7 Å². The van der Waals surface area contributed by atoms with Crippen molar-refractivity contribution in [3.8, 4) is 0 Å². The van der Waals surface area contributed by atoms with Gasteiger partial charge >= 0.3 is 5.97 Å². The van der Waals surface area contributed by atoms with E-state index in [1.165, 1.54) is 25.5 Å². The fourth-order valence-corrected chi connectivity index (χ4v) is 2.97. The Balaban J connectivity index is 1.93. The molecule has 0 saturated carbocycles. The van der Waals surface area contributed by atoms with E-state index in [-0.39, 0.29) is 5.97 Å². The van der Waals surface area contributed by atoms with E-state index in [2.05, 4.69) is 23.3 Å². The van der Waals surface area contributed by atoms with E-state index in [0.29, 0.717) is 6.42 Å². The average Bonchev–Trinajstić information content (AvgIpc) is 2.50. The second kappa shape index (κ2) is 8.15. The number of methoxy groups -OCH3 is 1. The van der Waals surface area contributed by atoms with Gasteiger partial charge in [0.15, 0.2) is 0 Å². The third-order valence-corrected chi connectivity index (χ3v) is 4.15. The van der Waals surface area contributed by atoms with Crippen molar-refractivity contribution in [1.82, 2.24) is 10.2 Å². The lowest BCUT2D eigenvalue weighted by molar-refractivity contribution is -0.139. The molecule has 0 unspecified atom stereocenters. The van der Waals surface area contributed by atoms with Crippen LogP contribution in [0, 0.1) is 5.92 Å². The molecule has 1 aliphatic heterocycles. The maximum Gasteiger partial charge on any atom is 0.309 e. The molecular weight excluding hydrogens is 264 g/mol. The third kappa shape index (κ3) is 5.14. The van der Waals surface area contributed by atoms with Gasteiger partial charge < -0.3 is 15.0 Å². The van der Waals surface area contributed by atoms with Gasteiger partial charge in [-0.25, -0.2) is 0 Å². The van der Waals surface area contributed by atoms with E-state index in [1.807, 2.05) is 18.2 Å². The first-order valence-electron chi connectivity index (χ1n) is 7.72. The Morgan fingerprint density at radius 2 is 1.95 bits per heavy atom. The SMILES string of the molecule is COC(=O)Cc1ccccc1CN(C)CC1CCNCC1. The van der Waals surface area contributed by atoms with Crippen LogP contribution in [0.3, 0.4) is 0 Å². The highest BCUT2D eigenvalue weighted by Gasteiger charge is 2.16. The number of nitrogens with one attached hydrogen (secondary N) is 1. The van der Waals surface area contributed by atoms with E-state index in [9.17, 15) is 4.79 Å². The molecular formula is C17H26N2O2. The molecule has 116 valence electrons. The molecule has 1 N–H and O–H groups in total. The largest absolute Gasteiger partial charge is 0.469 e. The van der Waals surface area contributed by atoms with Gasteiger partial charge in [0.1, 0.15) is 0 Å². The Bertz CT molecular complexity index is 456. The molecule has 0 amide bonds. The second-order valence-electron chi connectivity index (χ2n) is 5.91. The van der Waals surface area contributed by atoms with E-state index in [1.54, 1.807) is 0 Å². The van der Waals surface area contributed by atoms with Crippen LogP contribution in [0.2, 0.25) is 0 Å². The topological polar surface area (TPSA) is 41.6 Å². The minimum atomic E-state index is -0.177. The van der Waals surface area contributed by atoms with E-state index >= 15 is 0 Å². The van der Waals surface area contributed by atoms with Crippen LogP contribution in [0.15, 0.2) is 24.3 Å². The number of ether oxygens (including phenoxy) is 1. The molecule has 0 aliphatic carbocycles. The van der Waals surface area contributed by atoms with Crippen LogP contribution in [-0.2, 0) is 22.5 Å². The molecule has 21 heavy (non-hydrogen) atoms. The highest BCUT2D eigenvalue weighted by atomic mass is 16.5. The van der Waals surface area contributed by atoms with Crippen LogP contribution in [0.1, 0.15) is 24.0 Å². The van der Waals surface area contributed by atoms with Gasteiger partial charge in [0.2, 0.25) is 0 Å². The zero-order valence-corrected chi connectivity index (χ0v) is 13.1. The number of nitrogens with zero attached hydrogens (tertiary/aromatic N) is 1. The molecule has 1 fully saturated rings. The summed E-state index contributed by atoms with van der Waals surface area (Å²) in [6.07, 6.45) is 2.87. The third-order valence-electron chi connectivity index (χ3n) is 4.15. The van der Waals surface area contributed by atoms with Gasteiger partial charge in [-0.15, -0.1) is 0 Å². The number of hydrogen-bond donors (Lipinski definition) is 1. The molecule has 0 bridgehead atoms. The summed E-state index contributed by atoms with van der Waals surface area (Å²) >= 11 is 0. The number of piperidine rings is 1. The number of rotatable bonds is 6. The minimum Gasteiger partial charge on any atom is -0.469 e. The molecule has 1 aliphatic rings. The number of benzene rings is 1. The number of carbonyl (C=O) groups is 1. The van der Waals surface area contributed by atoms with Crippen LogP contribution >= 0.6 is 0 Å². The number of hydrogen-bond acceptors (Lipinski definition) is 4. The fourth-order valence-electron chi connectivity index (χ4n) is 2.97. The van der Waals surface area contributed by atoms with Gasteiger partial charge in [-0.1, -0.05) is 24.3 Å². The molecule has 0 spiro atoms. The quantitative estimate of drug-likeness (QED) is 0.812. The van der Waals surface area contributed by atoms with Crippen molar-refractivity contribution in [2.75, 3.05) is 33.8 Å². The molecule has 1 heterocycles. The smallest absolute Gasteiger partial charge is 0.309 e. The maximum absolute atomic E-state index is 11.5. The van der Waals surface area contributed by atoms with Gasteiger partial charge in [-0.2, -0.15) is 0 Å². The van der Waals surface area contributed by atoms with Crippen molar-refractivity contribution in [2.45, 2.75) is 25.8 Å². The van der Waals surface area contributed by atoms with Gasteiger partial charge in [0.05, 0.1) is 13.5 Å². The summed E-state index contributed by atoms with van der Waals surface area (Å²) in [6.45, 7) is 4.28. The zero-order chi connectivity index (χ0) is 15.1. The fraction of sp³-hybridized carbons (Fsp3) is 0.588. The van der Waals surface area contributed by atoms with E-state index in [4.69, 9.17) is 4.74 Å². The molecule has 4 nitrogen and oxygen atoms in total. The van der Waals surface area contributed by atoms with Crippen LogP contribution in [0.5, 0.6) is 0 Å². The Labute approximate surface area is 127 Å². The van der Waals surface area contributed by atoms with Gasteiger partial charge in [-0.05, 0) is 50.0 Å². The zero-order valence-electron chi connectivity index (χ0n) is 13.1. The second-order valence-corrected chi connectivity index (χ2v) is 5.91. The number of carbonyl (C=O) groups excluding carboxylic acids is 1. The normalized spacial score (nSPS) is 16.1. The standard InChI is InChI=1S/C17H26N2O2/c1-19(12-14-7-9-18-10-8-14)13-16-6-4-3-5-15(16)11-17(20)21-2/h3-6,14,18H,7-13H2,1-2H3. The Hall–Kier alpha value is -1.39. The van der Waals surface area contributed by atoms with E-state index < -0.39 is 0 Å². The summed E-state index contributed by atoms with van der Waals surface area (Å²) in [5.41, 5.74) is 2.29. The van der Waals surface area contributed by atoms with Gasteiger partial charge in [0, 0.05) is 13.1 Å². The van der Waals surface area contributed by atoms with Crippen molar-refractivity contribution in [3.05, 3.63) is 35.4 Å². The molecule has 1 saturated heterocycles. The summed E-state index contributed by atoms with van der Waals surface area (Å²) in [5, 5.41) is 3.40. The maximum atomic E-state index is 11.5. The summed E-state index contributed by atoms with van der Waals surface area (Å²) in [4.78, 5) is 13.9. The summed E-state index contributed by atoms with van der Waals surface area (Å²) in [6, 6.07) is 8.14. The van der Waals surface area contributed by atoms with Gasteiger partial charge in [0.25, 0.3) is 0 Å². The number of esters is 1. The molecule has 0 radical (unpaired) electrons. The first kappa shape index (κ1) is 16.0. The monoisotopic (exact) mass is 290 g/mol. The molecule has 0 atom stereocenters.